The number of ketones is 1. The molecule has 35 heavy (non-hydrogen) atoms. The van der Waals surface area contributed by atoms with Crippen molar-refractivity contribution in [2.75, 3.05) is 0 Å². The lowest BCUT2D eigenvalue weighted by Crippen LogP contribution is -2.74. The Morgan fingerprint density at radius 3 is 1.40 bits per heavy atom. The van der Waals surface area contributed by atoms with Gasteiger partial charge in [-0.2, -0.15) is 0 Å². The van der Waals surface area contributed by atoms with E-state index in [4.69, 9.17) is 23.2 Å². The van der Waals surface area contributed by atoms with E-state index in [1.165, 1.54) is 103 Å². The second-order valence-corrected chi connectivity index (χ2v) is 15.2. The molecule has 0 aromatic carbocycles. The molecule has 0 atom stereocenters. The SMILES string of the molecule is CCCC[C@H]1CC[C@H](C2CCC3(CC2)C(=O)C2(CCC([C@H]4CC[C@H](CC)CC4)CC2)C3(Cl)Cl)CC1. The molecule has 0 saturated heterocycles. The van der Waals surface area contributed by atoms with Crippen LogP contribution in [-0.4, -0.2) is 10.1 Å². The Balaban J connectivity index is 1.13. The van der Waals surface area contributed by atoms with Gasteiger partial charge in [-0.25, -0.2) is 0 Å². The Morgan fingerprint density at radius 2 is 1.03 bits per heavy atom. The van der Waals surface area contributed by atoms with Crippen molar-refractivity contribution in [1.29, 1.82) is 0 Å². The highest BCUT2D eigenvalue weighted by molar-refractivity contribution is 6.55. The van der Waals surface area contributed by atoms with E-state index in [2.05, 4.69) is 13.8 Å². The average Bonchev–Trinajstić information content (AvgIpc) is 2.91. The van der Waals surface area contributed by atoms with Gasteiger partial charge in [0.05, 0.1) is 10.8 Å². The first-order chi connectivity index (χ1) is 16.9. The molecule has 0 bridgehead atoms. The monoisotopic (exact) mass is 522 g/mol. The molecule has 5 aliphatic carbocycles. The summed E-state index contributed by atoms with van der Waals surface area (Å²) in [4.78, 5) is 14.0. The smallest absolute Gasteiger partial charge is 0.151 e. The van der Waals surface area contributed by atoms with E-state index in [1.54, 1.807) is 0 Å². The van der Waals surface area contributed by atoms with Gasteiger partial charge in [0, 0.05) is 0 Å². The zero-order valence-electron chi connectivity index (χ0n) is 22.8. The molecule has 5 fully saturated rings. The van der Waals surface area contributed by atoms with Gasteiger partial charge < -0.3 is 0 Å². The standard InChI is InChI=1S/C32H52Cl2O/c1-3-5-6-24-9-13-26(14-10-24)28-17-21-31(22-18-28)29(35)30(32(31,33)34)19-15-27(16-20-30)25-11-7-23(4-2)8-12-25/h23-28H,3-22H2,1-2H3/t23-,24-,25-,26-,27?,28?,30?,31?. The highest BCUT2D eigenvalue weighted by Crippen LogP contribution is 2.75. The summed E-state index contributed by atoms with van der Waals surface area (Å²) in [5.74, 6) is 5.78. The van der Waals surface area contributed by atoms with Crippen molar-refractivity contribution in [1.82, 2.24) is 0 Å². The van der Waals surface area contributed by atoms with Crippen LogP contribution >= 0.6 is 23.2 Å². The number of hydrogen-bond donors (Lipinski definition) is 0. The van der Waals surface area contributed by atoms with Gasteiger partial charge in [-0.05, 0) is 113 Å². The maximum absolute atomic E-state index is 14.0. The summed E-state index contributed by atoms with van der Waals surface area (Å²) < 4.78 is -0.829. The maximum atomic E-state index is 14.0. The minimum absolute atomic E-state index is 0.433. The summed E-state index contributed by atoms with van der Waals surface area (Å²) >= 11 is 14.6. The lowest BCUT2D eigenvalue weighted by atomic mass is 9.41. The molecule has 3 heteroatoms. The van der Waals surface area contributed by atoms with Crippen LogP contribution < -0.4 is 0 Å². The van der Waals surface area contributed by atoms with Gasteiger partial charge in [0.25, 0.3) is 0 Å². The molecule has 5 saturated carbocycles. The number of rotatable bonds is 6. The van der Waals surface area contributed by atoms with Crippen molar-refractivity contribution < 1.29 is 4.79 Å². The van der Waals surface area contributed by atoms with Crippen molar-refractivity contribution in [3.05, 3.63) is 0 Å². The Bertz CT molecular complexity index is 712. The zero-order chi connectivity index (χ0) is 24.7. The van der Waals surface area contributed by atoms with Gasteiger partial charge in [0.2, 0.25) is 0 Å². The molecule has 0 unspecified atom stereocenters. The maximum Gasteiger partial charge on any atom is 0.151 e. The van der Waals surface area contributed by atoms with E-state index >= 15 is 0 Å². The van der Waals surface area contributed by atoms with E-state index < -0.39 is 15.2 Å². The van der Waals surface area contributed by atoms with Crippen LogP contribution in [0.25, 0.3) is 0 Å². The third kappa shape index (κ3) is 4.57. The van der Waals surface area contributed by atoms with Crippen LogP contribution in [0.5, 0.6) is 0 Å². The number of alkyl halides is 2. The van der Waals surface area contributed by atoms with E-state index in [1.807, 2.05) is 0 Å². The van der Waals surface area contributed by atoms with Crippen LogP contribution in [0.1, 0.15) is 142 Å². The fourth-order valence-corrected chi connectivity index (χ4v) is 11.0. The Morgan fingerprint density at radius 1 is 0.629 bits per heavy atom. The summed E-state index contributed by atoms with van der Waals surface area (Å²) in [5.41, 5.74) is -0.867. The molecule has 0 aliphatic heterocycles. The van der Waals surface area contributed by atoms with Crippen molar-refractivity contribution in [3.8, 4) is 0 Å². The molecule has 5 aliphatic rings. The third-order valence-electron chi connectivity index (χ3n) is 12.5. The summed E-state index contributed by atoms with van der Waals surface area (Å²) in [6.07, 6.45) is 25.4. The average molecular weight is 524 g/mol. The second kappa shape index (κ2) is 10.8. The summed E-state index contributed by atoms with van der Waals surface area (Å²) in [6, 6.07) is 0. The largest absolute Gasteiger partial charge is 0.298 e. The van der Waals surface area contributed by atoms with Crippen molar-refractivity contribution in [2.24, 2.45) is 46.3 Å². The van der Waals surface area contributed by atoms with Gasteiger partial charge in [0.15, 0.2) is 5.78 Å². The second-order valence-electron chi connectivity index (χ2n) is 13.9. The summed E-state index contributed by atoms with van der Waals surface area (Å²) in [5, 5.41) is 0. The molecule has 0 amide bonds. The van der Waals surface area contributed by atoms with E-state index in [0.29, 0.717) is 5.78 Å². The zero-order valence-corrected chi connectivity index (χ0v) is 24.3. The number of unbranched alkanes of at least 4 members (excludes halogenated alkanes) is 1. The Kier molecular flexibility index (Phi) is 8.27. The lowest BCUT2D eigenvalue weighted by molar-refractivity contribution is -0.173. The molecular weight excluding hydrogens is 471 g/mol. The minimum atomic E-state index is -0.829. The molecule has 0 heterocycles. The Hall–Kier alpha value is 0.250. The van der Waals surface area contributed by atoms with Crippen LogP contribution in [0.15, 0.2) is 0 Å². The normalized spacial score (nSPS) is 46.0. The van der Waals surface area contributed by atoms with Gasteiger partial charge in [-0.3, -0.25) is 4.79 Å². The predicted octanol–water partition coefficient (Wildman–Crippen LogP) is 10.3. The van der Waals surface area contributed by atoms with Crippen LogP contribution in [0, 0.1) is 46.3 Å². The molecule has 200 valence electrons. The first kappa shape index (κ1) is 26.8. The molecular formula is C32H52Cl2O. The Labute approximate surface area is 226 Å². The fourth-order valence-electron chi connectivity index (χ4n) is 9.94. The van der Waals surface area contributed by atoms with Gasteiger partial charge >= 0.3 is 0 Å². The van der Waals surface area contributed by atoms with Crippen molar-refractivity contribution in [3.63, 3.8) is 0 Å². The lowest BCUT2D eigenvalue weighted by Gasteiger charge is -2.67. The number of hydrogen-bond acceptors (Lipinski definition) is 1. The summed E-state index contributed by atoms with van der Waals surface area (Å²) in [6.45, 7) is 4.66. The predicted molar refractivity (Wildman–Crippen MR) is 149 cm³/mol. The third-order valence-corrected chi connectivity index (χ3v) is 13.9. The molecule has 0 radical (unpaired) electrons. The van der Waals surface area contributed by atoms with Crippen LogP contribution in [0.4, 0.5) is 0 Å². The minimum Gasteiger partial charge on any atom is -0.298 e. The van der Waals surface area contributed by atoms with Gasteiger partial charge in [0.1, 0.15) is 4.33 Å². The molecule has 1 nitrogen and oxygen atoms in total. The van der Waals surface area contributed by atoms with Gasteiger partial charge in [-0.15, -0.1) is 0 Å². The number of carbonyl (C=O) groups excluding carboxylic acids is 1. The highest BCUT2D eigenvalue weighted by Gasteiger charge is 2.79. The quantitative estimate of drug-likeness (QED) is 0.317. The molecule has 0 aromatic rings. The molecule has 5 rings (SSSR count). The van der Waals surface area contributed by atoms with Crippen LogP contribution in [-0.2, 0) is 4.79 Å². The highest BCUT2D eigenvalue weighted by atomic mass is 35.5. The van der Waals surface area contributed by atoms with Crippen molar-refractivity contribution in [2.45, 2.75) is 147 Å². The molecule has 0 N–H and O–H groups in total. The van der Waals surface area contributed by atoms with Gasteiger partial charge in [-0.1, -0.05) is 88.4 Å². The van der Waals surface area contributed by atoms with Crippen molar-refractivity contribution >= 4 is 29.0 Å². The topological polar surface area (TPSA) is 17.1 Å². The number of carbonyl (C=O) groups is 1. The van der Waals surface area contributed by atoms with E-state index in [-0.39, 0.29) is 0 Å². The summed E-state index contributed by atoms with van der Waals surface area (Å²) in [7, 11) is 0. The van der Waals surface area contributed by atoms with E-state index in [9.17, 15) is 4.79 Å². The number of halogens is 2. The fraction of sp³-hybridized carbons (Fsp3) is 0.969. The van der Waals surface area contributed by atoms with Crippen LogP contribution in [0.3, 0.4) is 0 Å². The number of Topliss-reactive ketones (excluding diaryl/α,β-unsaturated/α-hetero) is 1. The first-order valence-electron chi connectivity index (χ1n) is 15.8. The van der Waals surface area contributed by atoms with E-state index in [0.717, 1.165) is 61.2 Å². The molecule has 0 aromatic heterocycles. The first-order valence-corrected chi connectivity index (χ1v) is 16.5. The van der Waals surface area contributed by atoms with Crippen LogP contribution in [0.2, 0.25) is 0 Å². The molecule has 2 spiro atoms.